The van der Waals surface area contributed by atoms with Crippen LogP contribution in [0.15, 0.2) is 48.5 Å². The van der Waals surface area contributed by atoms with Crippen LogP contribution >= 0.6 is 0 Å². The van der Waals surface area contributed by atoms with E-state index in [-0.39, 0.29) is 5.75 Å². The third-order valence-corrected chi connectivity index (χ3v) is 3.01. The average molecular weight is 314 g/mol. The van der Waals surface area contributed by atoms with Gasteiger partial charge < -0.3 is 14.2 Å². The number of hydrogen-bond acceptors (Lipinski definition) is 5. The van der Waals surface area contributed by atoms with Crippen LogP contribution in [0.3, 0.4) is 0 Å². The lowest BCUT2D eigenvalue weighted by molar-refractivity contribution is 0.0597. The van der Waals surface area contributed by atoms with Crippen LogP contribution in [0.25, 0.3) is 0 Å². The summed E-state index contributed by atoms with van der Waals surface area (Å²) >= 11 is 0. The summed E-state index contributed by atoms with van der Waals surface area (Å²) < 4.78 is 15.4. The Morgan fingerprint density at radius 1 is 0.913 bits per heavy atom. The maximum Gasteiger partial charge on any atom is 0.343 e. The van der Waals surface area contributed by atoms with Gasteiger partial charge in [0.25, 0.3) is 0 Å². The molecule has 0 amide bonds. The van der Waals surface area contributed by atoms with E-state index in [1.807, 2.05) is 6.92 Å². The Labute approximate surface area is 134 Å². The van der Waals surface area contributed by atoms with Crippen molar-refractivity contribution in [2.24, 2.45) is 0 Å². The summed E-state index contributed by atoms with van der Waals surface area (Å²) in [6.45, 7) is 2.59. The third-order valence-electron chi connectivity index (χ3n) is 3.01. The van der Waals surface area contributed by atoms with E-state index >= 15 is 0 Å². The minimum Gasteiger partial charge on any atom is -0.494 e. The normalized spacial score (nSPS) is 10.0. The van der Waals surface area contributed by atoms with Gasteiger partial charge in [-0.15, -0.1) is 0 Å². The molecule has 0 fully saturated rings. The average Bonchev–Trinajstić information content (AvgIpc) is 2.59. The summed E-state index contributed by atoms with van der Waals surface area (Å²) in [4.78, 5) is 23.7. The minimum absolute atomic E-state index is 0.276. The molecule has 23 heavy (non-hydrogen) atoms. The van der Waals surface area contributed by atoms with E-state index in [1.54, 1.807) is 42.5 Å². The van der Waals surface area contributed by atoms with Gasteiger partial charge in [0.15, 0.2) is 0 Å². The van der Waals surface area contributed by atoms with Gasteiger partial charge in [-0.05, 0) is 42.8 Å². The lowest BCUT2D eigenvalue weighted by Gasteiger charge is -2.08. The molecule has 0 radical (unpaired) electrons. The summed E-state index contributed by atoms with van der Waals surface area (Å²) in [5, 5.41) is 0. The zero-order valence-electron chi connectivity index (χ0n) is 13.1. The van der Waals surface area contributed by atoms with Crippen LogP contribution in [0.2, 0.25) is 0 Å². The molecule has 0 saturated heterocycles. The van der Waals surface area contributed by atoms with Crippen molar-refractivity contribution in [2.75, 3.05) is 13.7 Å². The summed E-state index contributed by atoms with van der Waals surface area (Å²) in [5.41, 5.74) is 0.694. The van der Waals surface area contributed by atoms with E-state index in [1.165, 1.54) is 13.2 Å². The van der Waals surface area contributed by atoms with E-state index in [0.29, 0.717) is 23.5 Å². The van der Waals surface area contributed by atoms with Crippen molar-refractivity contribution in [3.05, 3.63) is 59.7 Å². The maximum atomic E-state index is 12.2. The Kier molecular flexibility index (Phi) is 5.74. The number of carbonyl (C=O) groups is 2. The third kappa shape index (κ3) is 4.57. The van der Waals surface area contributed by atoms with Crippen molar-refractivity contribution >= 4 is 11.9 Å². The number of carbonyl (C=O) groups excluding carboxylic acids is 2. The summed E-state index contributed by atoms with van der Waals surface area (Å²) in [5.74, 6) is -0.116. The van der Waals surface area contributed by atoms with Crippen molar-refractivity contribution in [3.8, 4) is 11.5 Å². The SMILES string of the molecule is CCCOc1cccc(C(=O)Oc2cccc(C(=O)OC)c2)c1. The number of esters is 2. The molecule has 0 aliphatic heterocycles. The highest BCUT2D eigenvalue weighted by atomic mass is 16.5. The van der Waals surface area contributed by atoms with Gasteiger partial charge in [0.2, 0.25) is 0 Å². The fraction of sp³-hybridized carbons (Fsp3) is 0.222. The summed E-state index contributed by atoms with van der Waals surface area (Å²) in [7, 11) is 1.29. The molecular weight excluding hydrogens is 296 g/mol. The Bertz CT molecular complexity index is 693. The quantitative estimate of drug-likeness (QED) is 0.603. The van der Waals surface area contributed by atoms with Crippen molar-refractivity contribution in [1.29, 1.82) is 0 Å². The van der Waals surface area contributed by atoms with Crippen molar-refractivity contribution in [1.82, 2.24) is 0 Å². The van der Waals surface area contributed by atoms with E-state index < -0.39 is 11.9 Å². The van der Waals surface area contributed by atoms with Crippen LogP contribution in [-0.4, -0.2) is 25.7 Å². The van der Waals surface area contributed by atoms with Gasteiger partial charge >= 0.3 is 11.9 Å². The number of methoxy groups -OCH3 is 1. The smallest absolute Gasteiger partial charge is 0.343 e. The first kappa shape index (κ1) is 16.5. The van der Waals surface area contributed by atoms with Gasteiger partial charge in [-0.25, -0.2) is 9.59 Å². The molecule has 2 aromatic carbocycles. The molecule has 0 bridgehead atoms. The first-order chi connectivity index (χ1) is 11.1. The maximum absolute atomic E-state index is 12.2. The van der Waals surface area contributed by atoms with Crippen LogP contribution in [-0.2, 0) is 4.74 Å². The van der Waals surface area contributed by atoms with Gasteiger partial charge in [0.1, 0.15) is 11.5 Å². The van der Waals surface area contributed by atoms with Crippen LogP contribution in [0.1, 0.15) is 34.1 Å². The molecule has 0 aliphatic rings. The van der Waals surface area contributed by atoms with Crippen LogP contribution in [0.4, 0.5) is 0 Å². The lowest BCUT2D eigenvalue weighted by Crippen LogP contribution is -2.09. The number of hydrogen-bond donors (Lipinski definition) is 0. The molecular formula is C18H18O5. The molecule has 0 atom stereocenters. The van der Waals surface area contributed by atoms with E-state index in [2.05, 4.69) is 4.74 Å². The Morgan fingerprint density at radius 2 is 1.52 bits per heavy atom. The largest absolute Gasteiger partial charge is 0.494 e. The molecule has 0 saturated carbocycles. The lowest BCUT2D eigenvalue weighted by atomic mass is 10.2. The van der Waals surface area contributed by atoms with Crippen molar-refractivity contribution in [2.45, 2.75) is 13.3 Å². The standard InChI is InChI=1S/C18H18O5/c1-3-10-22-15-8-4-7-14(11-15)18(20)23-16-9-5-6-13(12-16)17(19)21-2/h4-9,11-12H,3,10H2,1-2H3. The summed E-state index contributed by atoms with van der Waals surface area (Å²) in [6.07, 6.45) is 0.884. The molecule has 120 valence electrons. The predicted molar refractivity (Wildman–Crippen MR) is 85.0 cm³/mol. The Morgan fingerprint density at radius 3 is 2.17 bits per heavy atom. The van der Waals surface area contributed by atoms with Gasteiger partial charge in [-0.2, -0.15) is 0 Å². The van der Waals surface area contributed by atoms with Crippen LogP contribution in [0, 0.1) is 0 Å². The molecule has 0 aromatic heterocycles. The van der Waals surface area contributed by atoms with Crippen molar-refractivity contribution < 1.29 is 23.8 Å². The first-order valence-electron chi connectivity index (χ1n) is 7.27. The number of ether oxygens (including phenoxy) is 3. The van der Waals surface area contributed by atoms with Crippen molar-refractivity contribution in [3.63, 3.8) is 0 Å². The highest BCUT2D eigenvalue weighted by Crippen LogP contribution is 2.18. The van der Waals surface area contributed by atoms with E-state index in [9.17, 15) is 9.59 Å². The monoisotopic (exact) mass is 314 g/mol. The molecule has 5 heteroatoms. The Hall–Kier alpha value is -2.82. The molecule has 0 N–H and O–H groups in total. The zero-order chi connectivity index (χ0) is 16.7. The minimum atomic E-state index is -0.519. The molecule has 0 unspecified atom stereocenters. The zero-order valence-corrected chi connectivity index (χ0v) is 13.1. The fourth-order valence-electron chi connectivity index (χ4n) is 1.90. The van der Waals surface area contributed by atoms with Crippen LogP contribution < -0.4 is 9.47 Å². The van der Waals surface area contributed by atoms with E-state index in [4.69, 9.17) is 9.47 Å². The van der Waals surface area contributed by atoms with Gasteiger partial charge in [-0.3, -0.25) is 0 Å². The molecule has 0 aliphatic carbocycles. The van der Waals surface area contributed by atoms with Gasteiger partial charge in [-0.1, -0.05) is 19.1 Å². The molecule has 2 aromatic rings. The molecule has 5 nitrogen and oxygen atoms in total. The predicted octanol–water partition coefficient (Wildman–Crippen LogP) is 3.48. The van der Waals surface area contributed by atoms with Gasteiger partial charge in [0, 0.05) is 0 Å². The Balaban J connectivity index is 2.11. The van der Waals surface area contributed by atoms with Gasteiger partial charge in [0.05, 0.1) is 24.8 Å². The number of benzene rings is 2. The summed E-state index contributed by atoms with van der Waals surface area (Å²) in [6, 6.07) is 13.0. The first-order valence-corrected chi connectivity index (χ1v) is 7.27. The van der Waals surface area contributed by atoms with E-state index in [0.717, 1.165) is 6.42 Å². The topological polar surface area (TPSA) is 61.8 Å². The molecule has 0 spiro atoms. The second-order valence-corrected chi connectivity index (χ2v) is 4.79. The second-order valence-electron chi connectivity index (χ2n) is 4.79. The highest BCUT2D eigenvalue weighted by Gasteiger charge is 2.12. The molecule has 0 heterocycles. The highest BCUT2D eigenvalue weighted by molar-refractivity contribution is 5.92. The second kappa shape index (κ2) is 7.98. The van der Waals surface area contributed by atoms with Crippen LogP contribution in [0.5, 0.6) is 11.5 Å². The molecule has 2 rings (SSSR count). The fourth-order valence-corrected chi connectivity index (χ4v) is 1.90. The number of rotatable bonds is 6.